The summed E-state index contributed by atoms with van der Waals surface area (Å²) in [6, 6.07) is 20.8. The Labute approximate surface area is 200 Å². The van der Waals surface area contributed by atoms with Gasteiger partial charge in [-0.1, -0.05) is 114 Å². The van der Waals surface area contributed by atoms with E-state index in [0.717, 1.165) is 25.7 Å². The molecule has 0 aromatic heterocycles. The minimum Gasteiger partial charge on any atom is -0.454 e. The van der Waals surface area contributed by atoms with Gasteiger partial charge in [-0.15, -0.1) is 0 Å². The average molecular weight is 469 g/mol. The molecular formula is C28H40O4Si. The molecule has 1 heterocycles. The number of carbonyl (C=O) groups is 1. The zero-order chi connectivity index (χ0) is 24.1. The van der Waals surface area contributed by atoms with Crippen LogP contribution in [0.25, 0.3) is 0 Å². The van der Waals surface area contributed by atoms with Crippen LogP contribution in [0.4, 0.5) is 0 Å². The van der Waals surface area contributed by atoms with Crippen molar-refractivity contribution in [1.82, 2.24) is 0 Å². The van der Waals surface area contributed by atoms with Gasteiger partial charge >= 0.3 is 5.97 Å². The molecule has 1 aliphatic heterocycles. The van der Waals surface area contributed by atoms with Crippen molar-refractivity contribution in [1.29, 1.82) is 0 Å². The Morgan fingerprint density at radius 1 is 0.970 bits per heavy atom. The van der Waals surface area contributed by atoms with Crippen molar-refractivity contribution in [2.75, 3.05) is 6.61 Å². The average Bonchev–Trinajstić information content (AvgIpc) is 3.00. The highest BCUT2D eigenvalue weighted by molar-refractivity contribution is 6.99. The number of esters is 1. The molecule has 0 bridgehead atoms. The van der Waals surface area contributed by atoms with Crippen molar-refractivity contribution in [2.24, 2.45) is 5.92 Å². The number of hydrogen-bond acceptors (Lipinski definition) is 4. The van der Waals surface area contributed by atoms with Gasteiger partial charge in [0.15, 0.2) is 5.60 Å². The highest BCUT2D eigenvalue weighted by Crippen LogP contribution is 2.40. The molecule has 0 spiro atoms. The lowest BCUT2D eigenvalue weighted by molar-refractivity contribution is -0.153. The second kappa shape index (κ2) is 10.5. The van der Waals surface area contributed by atoms with Crippen molar-refractivity contribution in [3.8, 4) is 0 Å². The van der Waals surface area contributed by atoms with Crippen molar-refractivity contribution in [3.63, 3.8) is 0 Å². The second-order valence-electron chi connectivity index (χ2n) is 10.6. The van der Waals surface area contributed by atoms with Gasteiger partial charge in [0.2, 0.25) is 0 Å². The Kier molecular flexibility index (Phi) is 8.20. The van der Waals surface area contributed by atoms with E-state index < -0.39 is 25.9 Å². The zero-order valence-electron chi connectivity index (χ0n) is 20.8. The van der Waals surface area contributed by atoms with Crippen molar-refractivity contribution >= 4 is 24.7 Å². The van der Waals surface area contributed by atoms with Crippen LogP contribution in [0.2, 0.25) is 5.04 Å². The topological polar surface area (TPSA) is 55.8 Å². The molecule has 0 radical (unpaired) electrons. The summed E-state index contributed by atoms with van der Waals surface area (Å²) in [6.45, 7) is 10.8. The predicted molar refractivity (Wildman–Crippen MR) is 136 cm³/mol. The third-order valence-corrected chi connectivity index (χ3v) is 12.0. The number of carbonyl (C=O) groups excluding carboxylic acids is 1. The first-order valence-corrected chi connectivity index (χ1v) is 14.2. The molecule has 5 heteroatoms. The molecule has 1 N–H and O–H groups in total. The van der Waals surface area contributed by atoms with Gasteiger partial charge in [-0.25, -0.2) is 0 Å². The first-order valence-electron chi connectivity index (χ1n) is 12.3. The molecule has 0 saturated carbocycles. The van der Waals surface area contributed by atoms with Crippen molar-refractivity contribution in [3.05, 3.63) is 60.7 Å². The fourth-order valence-corrected chi connectivity index (χ4v) is 9.77. The van der Waals surface area contributed by atoms with Gasteiger partial charge in [0.25, 0.3) is 8.32 Å². The molecule has 4 nitrogen and oxygen atoms in total. The first-order chi connectivity index (χ1) is 15.7. The first kappa shape index (κ1) is 25.7. The highest BCUT2D eigenvalue weighted by Gasteiger charge is 2.56. The highest BCUT2D eigenvalue weighted by atomic mass is 28.4. The van der Waals surface area contributed by atoms with E-state index >= 15 is 0 Å². The summed E-state index contributed by atoms with van der Waals surface area (Å²) < 4.78 is 12.8. The van der Waals surface area contributed by atoms with E-state index in [1.54, 1.807) is 0 Å². The van der Waals surface area contributed by atoms with Crippen LogP contribution >= 0.6 is 0 Å². The summed E-state index contributed by atoms with van der Waals surface area (Å²) >= 11 is 0. The van der Waals surface area contributed by atoms with E-state index in [4.69, 9.17) is 9.16 Å². The lowest BCUT2D eigenvalue weighted by Crippen LogP contribution is -2.68. The molecule has 2 aromatic carbocycles. The van der Waals surface area contributed by atoms with Gasteiger partial charge in [0.05, 0.1) is 12.5 Å². The summed E-state index contributed by atoms with van der Waals surface area (Å²) in [5.41, 5.74) is -1.06. The molecule has 1 unspecified atom stereocenters. The van der Waals surface area contributed by atoms with Crippen molar-refractivity contribution in [2.45, 2.75) is 83.5 Å². The molecule has 33 heavy (non-hydrogen) atoms. The lowest BCUT2D eigenvalue weighted by Gasteiger charge is -2.44. The standard InChI is InChI=1S/C28H40O4Si/c1-6-7-8-15-20-24-25(29)28(5,32-26(24)30)21-31-33(27(2,3)4,22-16-11-9-12-17-22)23-18-13-10-14-19-23/h9-14,16-19,24-25,29H,6-8,15,20-21H2,1-5H3/t24-,25-,28?/m1/s1. The quantitative estimate of drug-likeness (QED) is 0.308. The maximum atomic E-state index is 12.7. The summed E-state index contributed by atoms with van der Waals surface area (Å²) in [7, 11) is -2.78. The number of aliphatic hydroxyl groups excluding tert-OH is 1. The lowest BCUT2D eigenvalue weighted by atomic mass is 9.89. The zero-order valence-corrected chi connectivity index (χ0v) is 21.8. The van der Waals surface area contributed by atoms with E-state index in [9.17, 15) is 9.90 Å². The van der Waals surface area contributed by atoms with E-state index in [-0.39, 0.29) is 17.6 Å². The Bertz CT molecular complexity index is 854. The van der Waals surface area contributed by atoms with E-state index in [1.165, 1.54) is 10.4 Å². The van der Waals surface area contributed by atoms with Gasteiger partial charge < -0.3 is 14.3 Å². The predicted octanol–water partition coefficient (Wildman–Crippen LogP) is 4.83. The van der Waals surface area contributed by atoms with Gasteiger partial charge in [0.1, 0.15) is 6.10 Å². The summed E-state index contributed by atoms with van der Waals surface area (Å²) in [6.07, 6.45) is 4.08. The van der Waals surface area contributed by atoms with Crippen LogP contribution in [0, 0.1) is 5.92 Å². The summed E-state index contributed by atoms with van der Waals surface area (Å²) in [5, 5.41) is 13.3. The fraction of sp³-hybridized carbons (Fsp3) is 0.536. The minimum absolute atomic E-state index is 0.165. The van der Waals surface area contributed by atoms with Gasteiger partial charge in [-0.3, -0.25) is 4.79 Å². The van der Waals surface area contributed by atoms with Gasteiger partial charge in [0, 0.05) is 0 Å². The molecule has 2 aromatic rings. The second-order valence-corrected chi connectivity index (χ2v) is 14.9. The third-order valence-electron chi connectivity index (χ3n) is 7.00. The summed E-state index contributed by atoms with van der Waals surface area (Å²) in [5.74, 6) is -0.776. The number of rotatable bonds is 10. The van der Waals surface area contributed by atoms with Crippen LogP contribution in [0.3, 0.4) is 0 Å². The molecule has 3 atom stereocenters. The maximum absolute atomic E-state index is 12.7. The Morgan fingerprint density at radius 3 is 2.00 bits per heavy atom. The number of benzene rings is 2. The SMILES string of the molecule is CCCCCC[C@H]1C(=O)OC(C)(CO[Si](c2ccccc2)(c2ccccc2)C(C)(C)C)[C@@H]1O. The van der Waals surface area contributed by atoms with Crippen LogP contribution < -0.4 is 10.4 Å². The molecule has 1 saturated heterocycles. The van der Waals surface area contributed by atoms with Crippen LogP contribution in [0.1, 0.15) is 66.7 Å². The van der Waals surface area contributed by atoms with Crippen molar-refractivity contribution < 1.29 is 19.1 Å². The van der Waals surface area contributed by atoms with E-state index in [2.05, 4.69) is 52.0 Å². The largest absolute Gasteiger partial charge is 0.454 e. The summed E-state index contributed by atoms with van der Waals surface area (Å²) in [4.78, 5) is 12.7. The van der Waals surface area contributed by atoms with E-state index in [0.29, 0.717) is 6.42 Å². The molecule has 0 amide bonds. The maximum Gasteiger partial charge on any atom is 0.312 e. The Balaban J connectivity index is 1.91. The minimum atomic E-state index is -2.78. The Hall–Kier alpha value is -1.95. The van der Waals surface area contributed by atoms with Crippen LogP contribution in [-0.4, -0.2) is 37.7 Å². The van der Waals surface area contributed by atoms with Gasteiger partial charge in [-0.05, 0) is 28.8 Å². The van der Waals surface area contributed by atoms with E-state index in [1.807, 2.05) is 43.3 Å². The fourth-order valence-electron chi connectivity index (χ4n) is 5.12. The molecule has 180 valence electrons. The number of aliphatic hydroxyl groups is 1. The van der Waals surface area contributed by atoms with Gasteiger partial charge in [-0.2, -0.15) is 0 Å². The number of ether oxygens (including phenoxy) is 1. The van der Waals surface area contributed by atoms with Crippen LogP contribution in [0.15, 0.2) is 60.7 Å². The molecular weight excluding hydrogens is 428 g/mol. The third kappa shape index (κ3) is 5.26. The molecule has 1 aliphatic rings. The molecule has 0 aliphatic carbocycles. The van der Waals surface area contributed by atoms with Crippen LogP contribution in [-0.2, 0) is 14.0 Å². The van der Waals surface area contributed by atoms with Crippen LogP contribution in [0.5, 0.6) is 0 Å². The smallest absolute Gasteiger partial charge is 0.312 e. The number of cyclic esters (lactones) is 1. The Morgan fingerprint density at radius 2 is 1.52 bits per heavy atom. The molecule has 1 fully saturated rings. The number of unbranched alkanes of at least 4 members (excludes halogenated alkanes) is 3. The number of hydrogen-bond donors (Lipinski definition) is 1. The monoisotopic (exact) mass is 468 g/mol. The normalized spacial score (nSPS) is 23.5. The molecule has 3 rings (SSSR count).